The molecule has 0 unspecified atom stereocenters. The zero-order valence-electron chi connectivity index (χ0n) is 18.5. The highest BCUT2D eigenvalue weighted by molar-refractivity contribution is 5.66. The number of hydrogen-bond acceptors (Lipinski definition) is 2. The highest BCUT2D eigenvalue weighted by atomic mass is 19.2. The first-order valence-corrected chi connectivity index (χ1v) is 10.8. The number of unbranched alkanes of at least 4 members (excludes halogenated alkanes) is 2. The number of hydrogen-bond donors (Lipinski definition) is 0. The molecule has 2 nitrogen and oxygen atoms in total. The van der Waals surface area contributed by atoms with Crippen LogP contribution < -0.4 is 9.47 Å². The van der Waals surface area contributed by atoms with Gasteiger partial charge in [-0.1, -0.05) is 43.7 Å². The summed E-state index contributed by atoms with van der Waals surface area (Å²) in [6.07, 6.45) is 2.64. The SMILES string of the molecule is CCCCCOc1ccc(C#Cc2ccc(-c3ccc(OCC)cc3)c(F)c2F)c(F)c1F. The Morgan fingerprint density at radius 3 is 1.94 bits per heavy atom. The molecule has 0 atom stereocenters. The lowest BCUT2D eigenvalue weighted by molar-refractivity contribution is 0.286. The summed E-state index contributed by atoms with van der Waals surface area (Å²) in [4.78, 5) is 0. The van der Waals surface area contributed by atoms with E-state index in [-0.39, 0.29) is 29.0 Å². The number of halogens is 4. The molecule has 172 valence electrons. The largest absolute Gasteiger partial charge is 0.494 e. The molecule has 3 aromatic carbocycles. The second-order valence-corrected chi connectivity index (χ2v) is 7.29. The first-order valence-electron chi connectivity index (χ1n) is 10.8. The van der Waals surface area contributed by atoms with E-state index in [4.69, 9.17) is 9.47 Å². The summed E-state index contributed by atoms with van der Waals surface area (Å²) >= 11 is 0. The van der Waals surface area contributed by atoms with Gasteiger partial charge in [0.1, 0.15) is 5.75 Å². The molecule has 0 saturated heterocycles. The van der Waals surface area contributed by atoms with Crippen LogP contribution in [0.4, 0.5) is 17.6 Å². The Balaban J connectivity index is 1.81. The van der Waals surface area contributed by atoms with Crippen LogP contribution >= 0.6 is 0 Å². The Hall–Kier alpha value is -3.46. The van der Waals surface area contributed by atoms with E-state index in [0.717, 1.165) is 19.3 Å². The fourth-order valence-electron chi connectivity index (χ4n) is 3.17. The predicted molar refractivity (Wildman–Crippen MR) is 120 cm³/mol. The fourth-order valence-corrected chi connectivity index (χ4v) is 3.17. The van der Waals surface area contributed by atoms with Crippen LogP contribution in [0.3, 0.4) is 0 Å². The standard InChI is InChI=1S/C27H24F4O2/c1-3-5-6-17-33-23-16-12-20(25(29)27(23)31)8-7-19-11-15-22(26(30)24(19)28)18-9-13-21(14-10-18)32-4-2/h9-16H,3-6,17H2,1-2H3. The molecular weight excluding hydrogens is 432 g/mol. The van der Waals surface area contributed by atoms with Crippen LogP contribution in [0.15, 0.2) is 48.5 Å². The number of benzene rings is 3. The quantitative estimate of drug-likeness (QED) is 0.202. The van der Waals surface area contributed by atoms with Gasteiger partial charge in [0.15, 0.2) is 23.2 Å². The maximum atomic E-state index is 14.7. The van der Waals surface area contributed by atoms with Crippen molar-refractivity contribution in [2.45, 2.75) is 33.1 Å². The van der Waals surface area contributed by atoms with Crippen LogP contribution in [0.2, 0.25) is 0 Å². The Labute approximate surface area is 191 Å². The molecule has 3 rings (SSSR count). The summed E-state index contributed by atoms with van der Waals surface area (Å²) < 4.78 is 68.5. The van der Waals surface area contributed by atoms with Crippen LogP contribution in [0.1, 0.15) is 44.2 Å². The van der Waals surface area contributed by atoms with Crippen molar-refractivity contribution in [2.75, 3.05) is 13.2 Å². The van der Waals surface area contributed by atoms with E-state index in [9.17, 15) is 17.6 Å². The smallest absolute Gasteiger partial charge is 0.201 e. The molecule has 0 heterocycles. The predicted octanol–water partition coefficient (Wildman–Crippen LogP) is 7.28. The van der Waals surface area contributed by atoms with Gasteiger partial charge in [-0.25, -0.2) is 13.2 Å². The van der Waals surface area contributed by atoms with Crippen molar-refractivity contribution < 1.29 is 27.0 Å². The maximum absolute atomic E-state index is 14.7. The van der Waals surface area contributed by atoms with Crippen molar-refractivity contribution in [2.24, 2.45) is 0 Å². The molecule has 0 fully saturated rings. The van der Waals surface area contributed by atoms with E-state index in [0.29, 0.717) is 17.9 Å². The molecule has 0 aromatic heterocycles. The summed E-state index contributed by atoms with van der Waals surface area (Å²) in [5.41, 5.74) is -0.00871. The lowest BCUT2D eigenvalue weighted by Gasteiger charge is -2.08. The molecule has 0 saturated carbocycles. The zero-order valence-corrected chi connectivity index (χ0v) is 18.5. The molecule has 0 N–H and O–H groups in total. The molecule has 0 aliphatic carbocycles. The van der Waals surface area contributed by atoms with Crippen LogP contribution in [0.5, 0.6) is 11.5 Å². The Morgan fingerprint density at radius 1 is 0.667 bits per heavy atom. The van der Waals surface area contributed by atoms with E-state index in [1.54, 1.807) is 24.3 Å². The van der Waals surface area contributed by atoms with Crippen LogP contribution in [-0.4, -0.2) is 13.2 Å². The van der Waals surface area contributed by atoms with Gasteiger partial charge in [0, 0.05) is 5.56 Å². The molecular formula is C27H24F4O2. The van der Waals surface area contributed by atoms with Gasteiger partial charge in [-0.05, 0) is 55.3 Å². The van der Waals surface area contributed by atoms with Crippen molar-refractivity contribution in [1.82, 2.24) is 0 Å². The lowest BCUT2D eigenvalue weighted by Crippen LogP contribution is -2.01. The molecule has 0 spiro atoms. The third kappa shape index (κ3) is 5.87. The van der Waals surface area contributed by atoms with Gasteiger partial charge in [0.2, 0.25) is 5.82 Å². The highest BCUT2D eigenvalue weighted by Gasteiger charge is 2.16. The molecule has 33 heavy (non-hydrogen) atoms. The summed E-state index contributed by atoms with van der Waals surface area (Å²) in [5, 5.41) is 0. The minimum atomic E-state index is -1.19. The summed E-state index contributed by atoms with van der Waals surface area (Å²) in [6, 6.07) is 11.8. The third-order valence-electron chi connectivity index (χ3n) is 4.94. The van der Waals surface area contributed by atoms with Gasteiger partial charge < -0.3 is 9.47 Å². The summed E-state index contributed by atoms with van der Waals surface area (Å²) in [7, 11) is 0. The zero-order chi connectivity index (χ0) is 23.8. The van der Waals surface area contributed by atoms with Gasteiger partial charge in [0.25, 0.3) is 0 Å². The Morgan fingerprint density at radius 2 is 1.30 bits per heavy atom. The molecule has 0 aliphatic rings. The second kappa shape index (κ2) is 11.4. The van der Waals surface area contributed by atoms with Gasteiger partial charge in [-0.2, -0.15) is 4.39 Å². The Kier molecular flexibility index (Phi) is 8.37. The molecule has 0 bridgehead atoms. The van der Waals surface area contributed by atoms with Gasteiger partial charge in [-0.15, -0.1) is 0 Å². The molecule has 0 radical (unpaired) electrons. The molecule has 6 heteroatoms. The van der Waals surface area contributed by atoms with Crippen molar-refractivity contribution in [3.63, 3.8) is 0 Å². The molecule has 0 amide bonds. The maximum Gasteiger partial charge on any atom is 0.201 e. The van der Waals surface area contributed by atoms with E-state index < -0.39 is 23.3 Å². The van der Waals surface area contributed by atoms with Crippen LogP contribution in [0, 0.1) is 35.1 Å². The highest BCUT2D eigenvalue weighted by Crippen LogP contribution is 2.28. The van der Waals surface area contributed by atoms with E-state index in [1.807, 2.05) is 13.8 Å². The molecule has 3 aromatic rings. The van der Waals surface area contributed by atoms with Crippen molar-refractivity contribution in [1.29, 1.82) is 0 Å². The lowest BCUT2D eigenvalue weighted by atomic mass is 10.0. The monoisotopic (exact) mass is 456 g/mol. The minimum absolute atomic E-state index is 0.0582. The van der Waals surface area contributed by atoms with Gasteiger partial charge in [0.05, 0.1) is 24.3 Å². The second-order valence-electron chi connectivity index (χ2n) is 7.29. The Bertz CT molecular complexity index is 1160. The summed E-state index contributed by atoms with van der Waals surface area (Å²) in [5.74, 6) is 0.601. The normalized spacial score (nSPS) is 10.5. The van der Waals surface area contributed by atoms with Crippen LogP contribution in [-0.2, 0) is 0 Å². The topological polar surface area (TPSA) is 18.5 Å². The van der Waals surface area contributed by atoms with Crippen LogP contribution in [0.25, 0.3) is 11.1 Å². The third-order valence-corrected chi connectivity index (χ3v) is 4.94. The van der Waals surface area contributed by atoms with Gasteiger partial charge in [-0.3, -0.25) is 0 Å². The van der Waals surface area contributed by atoms with Crippen molar-refractivity contribution >= 4 is 0 Å². The average molecular weight is 456 g/mol. The fraction of sp³-hybridized carbons (Fsp3) is 0.259. The first-order chi connectivity index (χ1) is 16.0. The van der Waals surface area contributed by atoms with Crippen molar-refractivity contribution in [3.8, 4) is 34.5 Å². The first kappa shape index (κ1) is 24.2. The molecule has 0 aliphatic heterocycles. The number of rotatable bonds is 8. The van der Waals surface area contributed by atoms with Crippen molar-refractivity contribution in [3.05, 3.63) is 82.9 Å². The van der Waals surface area contributed by atoms with E-state index in [2.05, 4.69) is 11.8 Å². The van der Waals surface area contributed by atoms with Gasteiger partial charge >= 0.3 is 0 Å². The van der Waals surface area contributed by atoms with E-state index >= 15 is 0 Å². The average Bonchev–Trinajstić information content (AvgIpc) is 2.82. The summed E-state index contributed by atoms with van der Waals surface area (Å²) in [6.45, 7) is 4.64. The minimum Gasteiger partial charge on any atom is -0.494 e. The number of ether oxygens (including phenoxy) is 2. The van der Waals surface area contributed by atoms with E-state index in [1.165, 1.54) is 24.3 Å².